The zero-order valence-corrected chi connectivity index (χ0v) is 12.4. The highest BCUT2D eigenvalue weighted by Gasteiger charge is 2.07. The van der Waals surface area contributed by atoms with Crippen molar-refractivity contribution in [2.45, 2.75) is 6.54 Å². The third-order valence-corrected chi connectivity index (χ3v) is 3.55. The summed E-state index contributed by atoms with van der Waals surface area (Å²) in [5.41, 5.74) is 2.21. The van der Waals surface area contributed by atoms with Gasteiger partial charge in [-0.2, -0.15) is 0 Å². The largest absolute Gasteiger partial charge is 0.497 e. The molecule has 0 fully saturated rings. The number of hydrogen-bond acceptors (Lipinski definition) is 2. The van der Waals surface area contributed by atoms with Crippen molar-refractivity contribution < 1.29 is 4.74 Å². The SMILES string of the molecule is COc1ccc(Cn2ccnc2-c2cccc(Cl)c2)cc1. The molecular weight excluding hydrogens is 284 g/mol. The highest BCUT2D eigenvalue weighted by Crippen LogP contribution is 2.22. The van der Waals surface area contributed by atoms with E-state index in [1.54, 1.807) is 13.3 Å². The summed E-state index contributed by atoms with van der Waals surface area (Å²) in [6.07, 6.45) is 3.78. The molecule has 1 aromatic heterocycles. The standard InChI is InChI=1S/C17H15ClN2O/c1-21-16-7-5-13(6-8-16)12-20-10-9-19-17(20)14-3-2-4-15(18)11-14/h2-11H,12H2,1H3. The van der Waals surface area contributed by atoms with E-state index >= 15 is 0 Å². The zero-order chi connectivity index (χ0) is 14.7. The predicted molar refractivity (Wildman–Crippen MR) is 84.8 cm³/mol. The second-order valence-corrected chi connectivity index (χ2v) is 5.17. The number of methoxy groups -OCH3 is 1. The number of benzene rings is 2. The Morgan fingerprint density at radius 2 is 1.95 bits per heavy atom. The molecular formula is C17H15ClN2O. The summed E-state index contributed by atoms with van der Waals surface area (Å²) in [5, 5.41) is 0.714. The lowest BCUT2D eigenvalue weighted by molar-refractivity contribution is 0.414. The van der Waals surface area contributed by atoms with Gasteiger partial charge in [-0.15, -0.1) is 0 Å². The maximum Gasteiger partial charge on any atom is 0.140 e. The highest BCUT2D eigenvalue weighted by atomic mass is 35.5. The molecule has 0 unspecified atom stereocenters. The first-order valence-electron chi connectivity index (χ1n) is 6.66. The van der Waals surface area contributed by atoms with Crippen molar-refractivity contribution in [2.75, 3.05) is 7.11 Å². The van der Waals surface area contributed by atoms with Gasteiger partial charge in [0.25, 0.3) is 0 Å². The molecule has 0 saturated heterocycles. The molecule has 0 atom stereocenters. The van der Waals surface area contributed by atoms with Crippen molar-refractivity contribution in [3.63, 3.8) is 0 Å². The van der Waals surface area contributed by atoms with Gasteiger partial charge < -0.3 is 9.30 Å². The molecule has 3 rings (SSSR count). The van der Waals surface area contributed by atoms with Gasteiger partial charge in [0.1, 0.15) is 11.6 Å². The Hall–Kier alpha value is -2.26. The molecule has 0 aliphatic rings. The average Bonchev–Trinajstić information content (AvgIpc) is 2.96. The molecule has 1 heterocycles. The quantitative estimate of drug-likeness (QED) is 0.719. The average molecular weight is 299 g/mol. The lowest BCUT2D eigenvalue weighted by Crippen LogP contribution is -2.01. The van der Waals surface area contributed by atoms with Gasteiger partial charge in [0.05, 0.1) is 7.11 Å². The first-order chi connectivity index (χ1) is 10.3. The minimum absolute atomic E-state index is 0.714. The molecule has 21 heavy (non-hydrogen) atoms. The topological polar surface area (TPSA) is 27.1 Å². The van der Waals surface area contributed by atoms with E-state index in [2.05, 4.69) is 21.7 Å². The van der Waals surface area contributed by atoms with Crippen molar-refractivity contribution in [1.82, 2.24) is 9.55 Å². The Kier molecular flexibility index (Phi) is 3.93. The van der Waals surface area contributed by atoms with E-state index in [0.29, 0.717) is 5.02 Å². The maximum atomic E-state index is 6.06. The van der Waals surface area contributed by atoms with Gasteiger partial charge in [-0.05, 0) is 29.8 Å². The lowest BCUT2D eigenvalue weighted by Gasteiger charge is -2.09. The van der Waals surface area contributed by atoms with Crippen molar-refractivity contribution in [1.29, 1.82) is 0 Å². The van der Waals surface area contributed by atoms with Crippen LogP contribution in [0.3, 0.4) is 0 Å². The summed E-state index contributed by atoms with van der Waals surface area (Å²) >= 11 is 6.06. The summed E-state index contributed by atoms with van der Waals surface area (Å²) in [7, 11) is 1.67. The van der Waals surface area contributed by atoms with Crippen LogP contribution in [0.2, 0.25) is 5.02 Å². The van der Waals surface area contributed by atoms with Gasteiger partial charge in [-0.3, -0.25) is 0 Å². The summed E-state index contributed by atoms with van der Waals surface area (Å²) in [6.45, 7) is 0.756. The molecule has 0 amide bonds. The number of nitrogens with zero attached hydrogens (tertiary/aromatic N) is 2. The van der Waals surface area contributed by atoms with Gasteiger partial charge in [-0.1, -0.05) is 35.9 Å². The molecule has 3 aromatic rings. The van der Waals surface area contributed by atoms with Crippen LogP contribution in [0.4, 0.5) is 0 Å². The summed E-state index contributed by atoms with van der Waals surface area (Å²) in [6, 6.07) is 15.8. The van der Waals surface area contributed by atoms with Crippen LogP contribution in [0.15, 0.2) is 60.9 Å². The number of rotatable bonds is 4. The normalized spacial score (nSPS) is 10.6. The molecule has 3 nitrogen and oxygen atoms in total. The number of halogens is 1. The van der Waals surface area contributed by atoms with Crippen LogP contribution in [-0.2, 0) is 6.54 Å². The Bertz CT molecular complexity index is 735. The third-order valence-electron chi connectivity index (χ3n) is 3.31. The van der Waals surface area contributed by atoms with Gasteiger partial charge in [0, 0.05) is 29.5 Å². The molecule has 106 valence electrons. The van der Waals surface area contributed by atoms with Crippen LogP contribution < -0.4 is 4.74 Å². The van der Waals surface area contributed by atoms with Crippen LogP contribution in [0.1, 0.15) is 5.56 Å². The first kappa shape index (κ1) is 13.7. The van der Waals surface area contributed by atoms with Crippen LogP contribution in [-0.4, -0.2) is 16.7 Å². The predicted octanol–water partition coefficient (Wildman–Crippen LogP) is 4.26. The highest BCUT2D eigenvalue weighted by molar-refractivity contribution is 6.30. The van der Waals surface area contributed by atoms with Crippen molar-refractivity contribution in [3.05, 3.63) is 71.5 Å². The third kappa shape index (κ3) is 3.09. The Morgan fingerprint density at radius 1 is 1.14 bits per heavy atom. The molecule has 0 aliphatic heterocycles. The Morgan fingerprint density at radius 3 is 2.67 bits per heavy atom. The van der Waals surface area contributed by atoms with E-state index in [4.69, 9.17) is 16.3 Å². The van der Waals surface area contributed by atoms with Gasteiger partial charge >= 0.3 is 0 Å². The molecule has 0 aliphatic carbocycles. The molecule has 0 saturated carbocycles. The van der Waals surface area contributed by atoms with Gasteiger partial charge in [-0.25, -0.2) is 4.98 Å². The fraction of sp³-hybridized carbons (Fsp3) is 0.118. The number of ether oxygens (including phenoxy) is 1. The second-order valence-electron chi connectivity index (χ2n) is 4.74. The molecule has 2 aromatic carbocycles. The lowest BCUT2D eigenvalue weighted by atomic mass is 10.2. The van der Waals surface area contributed by atoms with E-state index in [9.17, 15) is 0 Å². The Balaban J connectivity index is 1.88. The fourth-order valence-corrected chi connectivity index (χ4v) is 2.44. The van der Waals surface area contributed by atoms with E-state index < -0.39 is 0 Å². The minimum Gasteiger partial charge on any atom is -0.497 e. The molecule has 0 bridgehead atoms. The molecule has 0 radical (unpaired) electrons. The van der Waals surface area contributed by atoms with Crippen LogP contribution >= 0.6 is 11.6 Å². The van der Waals surface area contributed by atoms with Crippen molar-refractivity contribution >= 4 is 11.6 Å². The summed E-state index contributed by atoms with van der Waals surface area (Å²) in [5.74, 6) is 1.77. The van der Waals surface area contributed by atoms with E-state index in [0.717, 1.165) is 23.7 Å². The maximum absolute atomic E-state index is 6.06. The van der Waals surface area contributed by atoms with E-state index in [1.165, 1.54) is 5.56 Å². The molecule has 0 N–H and O–H groups in total. The van der Waals surface area contributed by atoms with Crippen molar-refractivity contribution in [3.8, 4) is 17.1 Å². The van der Waals surface area contributed by atoms with E-state index in [1.807, 2.05) is 42.6 Å². The molecule has 4 heteroatoms. The monoisotopic (exact) mass is 298 g/mol. The Labute approximate surface area is 128 Å². The number of hydrogen-bond donors (Lipinski definition) is 0. The second kappa shape index (κ2) is 6.02. The van der Waals surface area contributed by atoms with Crippen LogP contribution in [0.25, 0.3) is 11.4 Å². The minimum atomic E-state index is 0.714. The smallest absolute Gasteiger partial charge is 0.140 e. The van der Waals surface area contributed by atoms with E-state index in [-0.39, 0.29) is 0 Å². The molecule has 0 spiro atoms. The summed E-state index contributed by atoms with van der Waals surface area (Å²) in [4.78, 5) is 4.44. The fourth-order valence-electron chi connectivity index (χ4n) is 2.25. The van der Waals surface area contributed by atoms with Crippen LogP contribution in [0.5, 0.6) is 5.75 Å². The van der Waals surface area contributed by atoms with Crippen molar-refractivity contribution in [2.24, 2.45) is 0 Å². The van der Waals surface area contributed by atoms with Crippen LogP contribution in [0, 0.1) is 0 Å². The van der Waals surface area contributed by atoms with Gasteiger partial charge in [0.15, 0.2) is 0 Å². The van der Waals surface area contributed by atoms with Gasteiger partial charge in [0.2, 0.25) is 0 Å². The zero-order valence-electron chi connectivity index (χ0n) is 11.7. The number of aromatic nitrogens is 2. The number of imidazole rings is 1. The summed E-state index contributed by atoms with van der Waals surface area (Å²) < 4.78 is 7.28. The first-order valence-corrected chi connectivity index (χ1v) is 7.04.